The van der Waals surface area contributed by atoms with E-state index in [1.807, 2.05) is 0 Å². The molecule has 0 saturated heterocycles. The van der Waals surface area contributed by atoms with Gasteiger partial charge in [0.25, 0.3) is 0 Å². The Morgan fingerprint density at radius 1 is 1.24 bits per heavy atom. The second-order valence-corrected chi connectivity index (χ2v) is 4.72. The van der Waals surface area contributed by atoms with E-state index < -0.39 is 0 Å². The molecule has 0 amide bonds. The molecule has 1 heterocycles. The van der Waals surface area contributed by atoms with Crippen molar-refractivity contribution in [2.75, 3.05) is 5.32 Å². The van der Waals surface area contributed by atoms with E-state index in [2.05, 4.69) is 48.5 Å². The summed E-state index contributed by atoms with van der Waals surface area (Å²) in [6.45, 7) is 9.11. The van der Waals surface area contributed by atoms with Crippen LogP contribution in [0.15, 0.2) is 4.42 Å². The third-order valence-corrected chi connectivity index (χ3v) is 2.49. The van der Waals surface area contributed by atoms with Crippen molar-refractivity contribution in [2.45, 2.75) is 65.6 Å². The van der Waals surface area contributed by atoms with E-state index >= 15 is 0 Å². The van der Waals surface area contributed by atoms with Gasteiger partial charge >= 0.3 is 6.01 Å². The Bertz CT molecular complexity index is 311. The summed E-state index contributed by atoms with van der Waals surface area (Å²) in [6, 6.07) is 1.32. The van der Waals surface area contributed by atoms with E-state index in [1.54, 1.807) is 0 Å². The van der Waals surface area contributed by atoms with Crippen molar-refractivity contribution in [3.05, 3.63) is 5.89 Å². The molecule has 17 heavy (non-hydrogen) atoms. The van der Waals surface area contributed by atoms with Crippen molar-refractivity contribution in [3.8, 4) is 0 Å². The highest BCUT2D eigenvalue weighted by molar-refractivity contribution is 5.18. The zero-order valence-corrected chi connectivity index (χ0v) is 11.3. The van der Waals surface area contributed by atoms with Crippen LogP contribution in [0.4, 0.5) is 6.01 Å². The number of aromatic nitrogens is 2. The predicted molar refractivity (Wildman–Crippen MR) is 68.9 cm³/mol. The highest BCUT2D eigenvalue weighted by atomic mass is 16.4. The molecular formula is C12H24N4O. The molecule has 5 nitrogen and oxygen atoms in total. The van der Waals surface area contributed by atoms with Gasteiger partial charge < -0.3 is 15.1 Å². The zero-order chi connectivity index (χ0) is 12.7. The summed E-state index contributed by atoms with van der Waals surface area (Å²) in [5.41, 5.74) is 0. The van der Waals surface area contributed by atoms with Crippen molar-refractivity contribution in [3.63, 3.8) is 0 Å². The van der Waals surface area contributed by atoms with Gasteiger partial charge in [0.2, 0.25) is 5.89 Å². The van der Waals surface area contributed by atoms with Crippen LogP contribution in [0.3, 0.4) is 0 Å². The summed E-state index contributed by atoms with van der Waals surface area (Å²) in [6.07, 6.45) is 3.54. The van der Waals surface area contributed by atoms with Gasteiger partial charge in [-0.05, 0) is 13.3 Å². The van der Waals surface area contributed by atoms with Crippen LogP contribution in [0.2, 0.25) is 0 Å². The summed E-state index contributed by atoms with van der Waals surface area (Å²) < 4.78 is 5.49. The molecule has 1 aromatic heterocycles. The van der Waals surface area contributed by atoms with Gasteiger partial charge in [-0.3, -0.25) is 0 Å². The van der Waals surface area contributed by atoms with Crippen LogP contribution in [0.5, 0.6) is 0 Å². The van der Waals surface area contributed by atoms with E-state index in [-0.39, 0.29) is 0 Å². The first kappa shape index (κ1) is 14.0. The van der Waals surface area contributed by atoms with Gasteiger partial charge in [0.15, 0.2) is 0 Å². The molecule has 5 heteroatoms. The highest BCUT2D eigenvalue weighted by Crippen LogP contribution is 2.10. The van der Waals surface area contributed by atoms with Crippen LogP contribution in [-0.4, -0.2) is 22.3 Å². The number of nitrogens with one attached hydrogen (secondary N) is 2. The summed E-state index contributed by atoms with van der Waals surface area (Å²) in [5.74, 6) is 0.629. The van der Waals surface area contributed by atoms with Crippen LogP contribution in [0, 0.1) is 0 Å². The molecule has 1 unspecified atom stereocenters. The fourth-order valence-electron chi connectivity index (χ4n) is 1.47. The zero-order valence-electron chi connectivity index (χ0n) is 11.3. The molecule has 0 aliphatic carbocycles. The van der Waals surface area contributed by atoms with E-state index in [9.17, 15) is 0 Å². The first-order chi connectivity index (χ1) is 8.11. The van der Waals surface area contributed by atoms with Crippen molar-refractivity contribution >= 4 is 6.01 Å². The number of hydrogen-bond donors (Lipinski definition) is 2. The molecule has 0 aliphatic rings. The fraction of sp³-hybridized carbons (Fsp3) is 0.833. The SMILES string of the molecule is CCCCC(C)Nc1nnc(CNC(C)C)o1. The summed E-state index contributed by atoms with van der Waals surface area (Å²) in [4.78, 5) is 0. The van der Waals surface area contributed by atoms with Crippen LogP contribution >= 0.6 is 0 Å². The Morgan fingerprint density at radius 3 is 2.65 bits per heavy atom. The van der Waals surface area contributed by atoms with Crippen LogP contribution < -0.4 is 10.6 Å². The number of nitrogens with zero attached hydrogens (tertiary/aromatic N) is 2. The second kappa shape index (κ2) is 7.27. The highest BCUT2D eigenvalue weighted by Gasteiger charge is 2.08. The van der Waals surface area contributed by atoms with Crippen LogP contribution in [-0.2, 0) is 6.54 Å². The van der Waals surface area contributed by atoms with Gasteiger partial charge in [0.1, 0.15) is 0 Å². The molecule has 0 spiro atoms. The maximum absolute atomic E-state index is 5.49. The van der Waals surface area contributed by atoms with E-state index in [0.717, 1.165) is 6.42 Å². The van der Waals surface area contributed by atoms with E-state index in [0.29, 0.717) is 30.5 Å². The molecule has 0 aliphatic heterocycles. The Hall–Kier alpha value is -1.10. The maximum atomic E-state index is 5.49. The van der Waals surface area contributed by atoms with Crippen LogP contribution in [0.25, 0.3) is 0 Å². The van der Waals surface area contributed by atoms with Gasteiger partial charge in [-0.25, -0.2) is 0 Å². The smallest absolute Gasteiger partial charge is 0.315 e. The van der Waals surface area contributed by atoms with Gasteiger partial charge in [0, 0.05) is 12.1 Å². The molecule has 0 saturated carbocycles. The minimum absolute atomic E-state index is 0.376. The molecule has 98 valence electrons. The van der Waals surface area contributed by atoms with Crippen molar-refractivity contribution < 1.29 is 4.42 Å². The lowest BCUT2D eigenvalue weighted by Crippen LogP contribution is -2.21. The topological polar surface area (TPSA) is 63.0 Å². The molecule has 1 rings (SSSR count). The first-order valence-electron chi connectivity index (χ1n) is 6.44. The number of anilines is 1. The van der Waals surface area contributed by atoms with Gasteiger partial charge in [-0.1, -0.05) is 38.7 Å². The molecule has 0 fully saturated rings. The largest absolute Gasteiger partial charge is 0.407 e. The Labute approximate surface area is 103 Å². The standard InChI is InChI=1S/C12H24N4O/c1-5-6-7-10(4)14-12-16-15-11(17-12)8-13-9(2)3/h9-10,13H,5-8H2,1-4H3,(H,14,16). The normalized spacial score (nSPS) is 13.0. The summed E-state index contributed by atoms with van der Waals surface area (Å²) >= 11 is 0. The van der Waals surface area contributed by atoms with E-state index in [4.69, 9.17) is 4.42 Å². The minimum atomic E-state index is 0.376. The lowest BCUT2D eigenvalue weighted by Gasteiger charge is -2.10. The predicted octanol–water partition coefficient (Wildman–Crippen LogP) is 2.56. The summed E-state index contributed by atoms with van der Waals surface area (Å²) in [5, 5.41) is 14.4. The van der Waals surface area contributed by atoms with Gasteiger partial charge in [0.05, 0.1) is 6.54 Å². The quantitative estimate of drug-likeness (QED) is 0.731. The molecule has 1 atom stereocenters. The van der Waals surface area contributed by atoms with Crippen molar-refractivity contribution in [1.82, 2.24) is 15.5 Å². The minimum Gasteiger partial charge on any atom is -0.407 e. The van der Waals surface area contributed by atoms with Gasteiger partial charge in [-0.2, -0.15) is 0 Å². The van der Waals surface area contributed by atoms with Crippen LogP contribution in [0.1, 0.15) is 52.8 Å². The monoisotopic (exact) mass is 240 g/mol. The molecule has 0 aromatic carbocycles. The maximum Gasteiger partial charge on any atom is 0.315 e. The Morgan fingerprint density at radius 2 is 2.00 bits per heavy atom. The average molecular weight is 240 g/mol. The molecular weight excluding hydrogens is 216 g/mol. The third-order valence-electron chi connectivity index (χ3n) is 2.49. The molecule has 2 N–H and O–H groups in total. The van der Waals surface area contributed by atoms with Crippen molar-refractivity contribution in [2.24, 2.45) is 0 Å². The van der Waals surface area contributed by atoms with Crippen molar-refractivity contribution in [1.29, 1.82) is 0 Å². The Balaban J connectivity index is 2.34. The van der Waals surface area contributed by atoms with Gasteiger partial charge in [-0.15, -0.1) is 5.10 Å². The molecule has 0 bridgehead atoms. The Kier molecular flexibility index (Phi) is 5.97. The first-order valence-corrected chi connectivity index (χ1v) is 6.44. The fourth-order valence-corrected chi connectivity index (χ4v) is 1.47. The number of rotatable bonds is 8. The third kappa shape index (κ3) is 5.68. The summed E-state index contributed by atoms with van der Waals surface area (Å²) in [7, 11) is 0. The van der Waals surface area contributed by atoms with E-state index in [1.165, 1.54) is 12.8 Å². The number of hydrogen-bond acceptors (Lipinski definition) is 5. The lowest BCUT2D eigenvalue weighted by atomic mass is 10.1. The molecule has 0 radical (unpaired) electrons. The average Bonchev–Trinajstić information content (AvgIpc) is 2.71. The lowest BCUT2D eigenvalue weighted by molar-refractivity contribution is 0.454. The molecule has 1 aromatic rings. The second-order valence-electron chi connectivity index (χ2n) is 4.72. The number of unbranched alkanes of at least 4 members (excludes halogenated alkanes) is 1.